The van der Waals surface area contributed by atoms with Crippen molar-refractivity contribution in [2.75, 3.05) is 0 Å². The predicted molar refractivity (Wildman–Crippen MR) is 64.8 cm³/mol. The van der Waals surface area contributed by atoms with Crippen LogP contribution in [0.15, 0.2) is 18.2 Å². The smallest absolute Gasteiger partial charge is 0.402 e. The molecule has 0 N–H and O–H groups in total. The first-order valence-electron chi connectivity index (χ1n) is 4.19. The third-order valence-electron chi connectivity index (χ3n) is 1.78. The largest absolute Gasteiger partial charge is 0.563 e. The quantitative estimate of drug-likeness (QED) is 0.335. The molecule has 0 aliphatic carbocycles. The lowest BCUT2D eigenvalue weighted by Crippen LogP contribution is -1.97. The Morgan fingerprint density at radius 2 is 1.94 bits per heavy atom. The fraction of sp³-hybridized carbons (Fsp3) is 0.143. The molecule has 7 nitrogen and oxygen atoms in total. The Kier molecular flexibility index (Phi) is 5.65. The van der Waals surface area contributed by atoms with Gasteiger partial charge in [-0.25, -0.2) is 4.57 Å². The second kappa shape index (κ2) is 6.56. The maximum atomic E-state index is 11.5. The summed E-state index contributed by atoms with van der Waals surface area (Å²) < 4.78 is 24.2. The van der Waals surface area contributed by atoms with Crippen molar-refractivity contribution in [3.63, 3.8) is 0 Å². The highest BCUT2D eigenvalue weighted by Gasteiger charge is 2.30. The number of nitrogens with zero attached hydrogens (tertiary/aromatic N) is 1. The monoisotopic (exact) mass is 335 g/mol. The van der Waals surface area contributed by atoms with Crippen LogP contribution in [0.2, 0.25) is 0 Å². The van der Waals surface area contributed by atoms with Gasteiger partial charge in [-0.3, -0.25) is 10.1 Å². The molecule has 1 rings (SSSR count). The van der Waals surface area contributed by atoms with Gasteiger partial charge >= 0.3 is 7.82 Å². The van der Waals surface area contributed by atoms with Gasteiger partial charge in [0.2, 0.25) is 0 Å². The van der Waals surface area contributed by atoms with E-state index < -0.39 is 12.7 Å². The molecule has 0 saturated heterocycles. The fourth-order valence-corrected chi connectivity index (χ4v) is 2.16. The molecule has 0 atom stereocenters. The van der Waals surface area contributed by atoms with Gasteiger partial charge < -0.3 is 4.52 Å². The molecule has 1 aromatic rings. The third-order valence-corrected chi connectivity index (χ3v) is 3.84. The van der Waals surface area contributed by atoms with E-state index in [1.54, 1.807) is 0 Å². The molecule has 11 heteroatoms. The summed E-state index contributed by atoms with van der Waals surface area (Å²) >= 11 is 15.4. The second-order valence-corrected chi connectivity index (χ2v) is 5.31. The number of rotatable bonds is 6. The van der Waals surface area contributed by atoms with Gasteiger partial charge in [0.15, 0.2) is 0 Å². The summed E-state index contributed by atoms with van der Waals surface area (Å²) in [6.07, 6.45) is 0. The zero-order valence-corrected chi connectivity index (χ0v) is 11.6. The summed E-state index contributed by atoms with van der Waals surface area (Å²) in [5.74, 6) is -0.179. The minimum absolute atomic E-state index is 0.0553. The van der Waals surface area contributed by atoms with Crippen LogP contribution in [0, 0.1) is 10.1 Å². The van der Waals surface area contributed by atoms with Gasteiger partial charge in [0.25, 0.3) is 5.69 Å². The SMILES string of the molecule is O=[N+]([O-])c1ccc(OP(=O)(OCl)OCl)c(CCl)c1. The minimum atomic E-state index is -4.18. The molecular weight excluding hydrogens is 331 g/mol. The van der Waals surface area contributed by atoms with Crippen molar-refractivity contribution >= 4 is 48.8 Å². The van der Waals surface area contributed by atoms with Crippen molar-refractivity contribution in [2.24, 2.45) is 0 Å². The van der Waals surface area contributed by atoms with E-state index in [9.17, 15) is 14.7 Å². The van der Waals surface area contributed by atoms with E-state index in [2.05, 4.69) is 8.15 Å². The van der Waals surface area contributed by atoms with Crippen molar-refractivity contribution in [1.82, 2.24) is 0 Å². The summed E-state index contributed by atoms with van der Waals surface area (Å²) in [5.41, 5.74) is -0.0000546. The first-order chi connectivity index (χ1) is 8.45. The molecular formula is C7H5Cl3NO6P. The lowest BCUT2D eigenvalue weighted by molar-refractivity contribution is -0.384. The molecule has 0 aliphatic rings. The van der Waals surface area contributed by atoms with Crippen molar-refractivity contribution in [2.45, 2.75) is 5.88 Å². The van der Waals surface area contributed by atoms with Crippen molar-refractivity contribution in [3.05, 3.63) is 33.9 Å². The van der Waals surface area contributed by atoms with E-state index >= 15 is 0 Å². The fourth-order valence-electron chi connectivity index (χ4n) is 1.03. The van der Waals surface area contributed by atoms with Crippen LogP contribution in [0.25, 0.3) is 0 Å². The van der Waals surface area contributed by atoms with E-state index in [0.717, 1.165) is 12.1 Å². The van der Waals surface area contributed by atoms with Crippen LogP contribution in [-0.2, 0) is 18.6 Å². The van der Waals surface area contributed by atoms with Crippen molar-refractivity contribution < 1.29 is 22.2 Å². The number of phosphoric acid groups is 1. The molecule has 0 heterocycles. The lowest BCUT2D eigenvalue weighted by atomic mass is 10.2. The maximum absolute atomic E-state index is 11.5. The molecule has 0 aliphatic heterocycles. The maximum Gasteiger partial charge on any atom is 0.563 e. The van der Waals surface area contributed by atoms with Crippen LogP contribution in [0.5, 0.6) is 5.75 Å². The van der Waals surface area contributed by atoms with Gasteiger partial charge in [-0.1, -0.05) is 0 Å². The number of nitro groups is 1. The van der Waals surface area contributed by atoms with E-state index in [-0.39, 0.29) is 22.9 Å². The Hall–Kier alpha value is -0.560. The van der Waals surface area contributed by atoms with E-state index in [1.807, 2.05) is 0 Å². The van der Waals surface area contributed by atoms with Gasteiger partial charge in [-0.2, -0.15) is 8.15 Å². The van der Waals surface area contributed by atoms with Gasteiger partial charge in [-0.05, 0) is 6.07 Å². The standard InChI is InChI=1S/C7H5Cl3NO6P/c8-4-5-3-6(11(12)13)1-2-7(5)15-18(14,16-9)17-10/h1-3H,4H2. The number of nitro benzene ring substituents is 1. The van der Waals surface area contributed by atoms with Gasteiger partial charge in [-0.15, -0.1) is 11.6 Å². The molecule has 0 unspecified atom stereocenters. The number of hydrogen-bond donors (Lipinski definition) is 0. The summed E-state index contributed by atoms with van der Waals surface area (Å²) in [6.45, 7) is 0. The van der Waals surface area contributed by atoms with Crippen molar-refractivity contribution in [3.8, 4) is 5.75 Å². The highest BCUT2D eigenvalue weighted by molar-refractivity contribution is 7.50. The van der Waals surface area contributed by atoms with Gasteiger partial charge in [0.1, 0.15) is 5.75 Å². The molecule has 0 fully saturated rings. The van der Waals surface area contributed by atoms with Crippen LogP contribution in [0.1, 0.15) is 5.56 Å². The van der Waals surface area contributed by atoms with E-state index in [1.165, 1.54) is 6.07 Å². The number of alkyl halides is 1. The number of hydrogen-bond acceptors (Lipinski definition) is 6. The van der Waals surface area contributed by atoms with Crippen LogP contribution in [-0.4, -0.2) is 4.92 Å². The lowest BCUT2D eigenvalue weighted by Gasteiger charge is -2.12. The zero-order chi connectivity index (χ0) is 13.8. The molecule has 0 bridgehead atoms. The summed E-state index contributed by atoms with van der Waals surface area (Å²) in [7, 11) is -4.18. The molecule has 0 spiro atoms. The van der Waals surface area contributed by atoms with Gasteiger partial charge in [0, 0.05) is 17.7 Å². The second-order valence-electron chi connectivity index (χ2n) is 2.86. The van der Waals surface area contributed by atoms with E-state index in [4.69, 9.17) is 39.9 Å². The summed E-state index contributed by atoms with van der Waals surface area (Å²) in [4.78, 5) is 9.94. The molecule has 0 amide bonds. The molecule has 0 saturated carbocycles. The van der Waals surface area contributed by atoms with Crippen LogP contribution < -0.4 is 4.52 Å². The molecule has 1 aromatic carbocycles. The van der Waals surface area contributed by atoms with Crippen molar-refractivity contribution in [1.29, 1.82) is 0 Å². The molecule has 0 radical (unpaired) electrons. The summed E-state index contributed by atoms with van der Waals surface area (Å²) in [5, 5.41) is 10.6. The average Bonchev–Trinajstić information content (AvgIpc) is 2.38. The van der Waals surface area contributed by atoms with Crippen LogP contribution >= 0.6 is 43.2 Å². The predicted octanol–water partition coefficient (Wildman–Crippen LogP) is 4.16. The topological polar surface area (TPSA) is 87.9 Å². The zero-order valence-electron chi connectivity index (χ0n) is 8.42. The highest BCUT2D eigenvalue weighted by Crippen LogP contribution is 2.52. The highest BCUT2D eigenvalue weighted by atomic mass is 35.5. The Balaban J connectivity index is 3.10. The first-order valence-corrected chi connectivity index (χ1v) is 6.80. The minimum Gasteiger partial charge on any atom is -0.402 e. The molecule has 100 valence electrons. The van der Waals surface area contributed by atoms with Crippen LogP contribution in [0.4, 0.5) is 5.69 Å². The third kappa shape index (κ3) is 3.71. The van der Waals surface area contributed by atoms with E-state index in [0.29, 0.717) is 0 Å². The normalized spacial score (nSPS) is 11.3. The Labute approximate surface area is 117 Å². The number of halogens is 3. The Bertz CT molecular complexity index is 490. The summed E-state index contributed by atoms with van der Waals surface area (Å²) in [6, 6.07) is 3.45. The number of non-ortho nitro benzene ring substituents is 1. The molecule has 18 heavy (non-hydrogen) atoms. The number of benzene rings is 1. The van der Waals surface area contributed by atoms with Gasteiger partial charge in [0.05, 0.1) is 34.5 Å². The van der Waals surface area contributed by atoms with Crippen LogP contribution in [0.3, 0.4) is 0 Å². The molecule has 0 aromatic heterocycles. The first kappa shape index (κ1) is 15.5. The Morgan fingerprint density at radius 1 is 1.33 bits per heavy atom. The average molecular weight is 336 g/mol. The Morgan fingerprint density at radius 3 is 2.39 bits per heavy atom.